The van der Waals surface area contributed by atoms with E-state index >= 15 is 0 Å². The van der Waals surface area contributed by atoms with Crippen LogP contribution in [0, 0.1) is 13.8 Å². The predicted octanol–water partition coefficient (Wildman–Crippen LogP) is 2.19. The molecule has 0 saturated heterocycles. The summed E-state index contributed by atoms with van der Waals surface area (Å²) in [6.45, 7) is 6.11. The topological polar surface area (TPSA) is 57.2 Å². The number of allylic oxidation sites excluding steroid dienone is 1. The maximum Gasteiger partial charge on any atom is 1.00 e. The molecule has 0 atom stereocenters. The molecule has 0 heterocycles. The predicted molar refractivity (Wildman–Crippen MR) is 108 cm³/mol. The molecule has 3 aromatic carbocycles. The van der Waals surface area contributed by atoms with Gasteiger partial charge in [-0.25, -0.2) is 8.42 Å². The van der Waals surface area contributed by atoms with Crippen molar-refractivity contribution in [2.24, 2.45) is 0 Å². The SMILES string of the molecule is CC(=C(c1ccc(C)cc1)c1ccc(C)cc1)c1ccc(S(=O)(=O)[O-])cc1.[Na+]. The zero-order chi connectivity index (χ0) is 19.6. The molecule has 138 valence electrons. The van der Waals surface area contributed by atoms with Crippen LogP contribution >= 0.6 is 0 Å². The van der Waals surface area contributed by atoms with Crippen molar-refractivity contribution in [3.63, 3.8) is 0 Å². The summed E-state index contributed by atoms with van der Waals surface area (Å²) in [6.07, 6.45) is 0. The molecule has 0 unspecified atom stereocenters. The third kappa shape index (κ3) is 5.22. The summed E-state index contributed by atoms with van der Waals surface area (Å²) in [5, 5.41) is 0. The second-order valence-corrected chi connectivity index (χ2v) is 8.09. The van der Waals surface area contributed by atoms with Gasteiger partial charge in [0.2, 0.25) is 0 Å². The van der Waals surface area contributed by atoms with E-state index in [0.717, 1.165) is 27.8 Å². The molecule has 0 aliphatic carbocycles. The van der Waals surface area contributed by atoms with Crippen LogP contribution in [0.2, 0.25) is 0 Å². The Morgan fingerprint density at radius 2 is 1.04 bits per heavy atom. The van der Waals surface area contributed by atoms with E-state index in [4.69, 9.17) is 0 Å². The maximum atomic E-state index is 11.2. The van der Waals surface area contributed by atoms with Gasteiger partial charge in [0.1, 0.15) is 10.1 Å². The Balaban J connectivity index is 0.00000280. The van der Waals surface area contributed by atoms with E-state index in [2.05, 4.69) is 48.5 Å². The molecule has 3 nitrogen and oxygen atoms in total. The molecule has 0 aliphatic heterocycles. The monoisotopic (exact) mass is 400 g/mol. The zero-order valence-corrected chi connectivity index (χ0v) is 19.4. The summed E-state index contributed by atoms with van der Waals surface area (Å²) in [5.41, 5.74) is 7.50. The van der Waals surface area contributed by atoms with Crippen molar-refractivity contribution in [1.82, 2.24) is 0 Å². The summed E-state index contributed by atoms with van der Waals surface area (Å²) < 4.78 is 33.6. The summed E-state index contributed by atoms with van der Waals surface area (Å²) >= 11 is 0. The molecule has 0 radical (unpaired) electrons. The zero-order valence-electron chi connectivity index (χ0n) is 16.6. The smallest absolute Gasteiger partial charge is 0.744 e. The van der Waals surface area contributed by atoms with E-state index in [-0.39, 0.29) is 34.5 Å². The van der Waals surface area contributed by atoms with Gasteiger partial charge in [-0.1, -0.05) is 71.8 Å². The molecular weight excluding hydrogens is 379 g/mol. The van der Waals surface area contributed by atoms with Crippen LogP contribution in [0.3, 0.4) is 0 Å². The molecule has 28 heavy (non-hydrogen) atoms. The molecule has 0 bridgehead atoms. The first-order valence-electron chi connectivity index (χ1n) is 8.67. The van der Waals surface area contributed by atoms with Crippen LogP contribution in [0.1, 0.15) is 34.7 Å². The van der Waals surface area contributed by atoms with E-state index in [1.165, 1.54) is 23.3 Å². The quantitative estimate of drug-likeness (QED) is 0.383. The van der Waals surface area contributed by atoms with Crippen molar-refractivity contribution < 1.29 is 42.5 Å². The average Bonchev–Trinajstić information content (AvgIpc) is 2.64. The number of hydrogen-bond acceptors (Lipinski definition) is 3. The second kappa shape index (κ2) is 9.21. The van der Waals surface area contributed by atoms with Crippen LogP contribution in [-0.4, -0.2) is 13.0 Å². The van der Waals surface area contributed by atoms with E-state index < -0.39 is 10.1 Å². The third-order valence-corrected chi connectivity index (χ3v) is 5.48. The van der Waals surface area contributed by atoms with Gasteiger partial charge < -0.3 is 4.55 Å². The van der Waals surface area contributed by atoms with Crippen LogP contribution in [0.25, 0.3) is 11.1 Å². The third-order valence-electron chi connectivity index (χ3n) is 4.63. The molecule has 0 aromatic heterocycles. The Labute approximate surface area is 189 Å². The van der Waals surface area contributed by atoms with Gasteiger partial charge >= 0.3 is 29.6 Å². The fourth-order valence-corrected chi connectivity index (χ4v) is 3.53. The van der Waals surface area contributed by atoms with E-state index in [1.54, 1.807) is 12.1 Å². The summed E-state index contributed by atoms with van der Waals surface area (Å²) in [6, 6.07) is 22.7. The van der Waals surface area contributed by atoms with Gasteiger partial charge in [-0.15, -0.1) is 0 Å². The largest absolute Gasteiger partial charge is 1.00 e. The Kier molecular flexibility index (Phi) is 7.43. The number of benzene rings is 3. The minimum atomic E-state index is -4.45. The van der Waals surface area contributed by atoms with Gasteiger partial charge in [0.25, 0.3) is 0 Å². The van der Waals surface area contributed by atoms with Crippen molar-refractivity contribution in [2.45, 2.75) is 25.7 Å². The van der Waals surface area contributed by atoms with Gasteiger partial charge in [-0.3, -0.25) is 0 Å². The summed E-state index contributed by atoms with van der Waals surface area (Å²) in [5.74, 6) is 0. The first-order chi connectivity index (χ1) is 12.8. The minimum absolute atomic E-state index is 0. The van der Waals surface area contributed by atoms with Crippen LogP contribution in [0.4, 0.5) is 0 Å². The summed E-state index contributed by atoms with van der Waals surface area (Å²) in [7, 11) is -4.45. The second-order valence-electron chi connectivity index (χ2n) is 6.71. The maximum absolute atomic E-state index is 11.2. The fraction of sp³-hybridized carbons (Fsp3) is 0.130. The molecule has 0 N–H and O–H groups in total. The van der Waals surface area contributed by atoms with E-state index in [9.17, 15) is 13.0 Å². The fourth-order valence-electron chi connectivity index (χ4n) is 3.06. The molecule has 3 aromatic rings. The molecule has 0 aliphatic rings. The van der Waals surface area contributed by atoms with Crippen molar-refractivity contribution >= 4 is 21.3 Å². The molecule has 5 heteroatoms. The van der Waals surface area contributed by atoms with Crippen LogP contribution in [0.5, 0.6) is 0 Å². The Bertz CT molecular complexity index is 1030. The van der Waals surface area contributed by atoms with Gasteiger partial charge in [0, 0.05) is 0 Å². The first-order valence-corrected chi connectivity index (χ1v) is 10.1. The first kappa shape index (κ1) is 22.6. The van der Waals surface area contributed by atoms with Crippen LogP contribution < -0.4 is 29.6 Å². The van der Waals surface area contributed by atoms with Crippen molar-refractivity contribution in [3.05, 3.63) is 101 Å². The molecule has 0 spiro atoms. The van der Waals surface area contributed by atoms with Crippen molar-refractivity contribution in [1.29, 1.82) is 0 Å². The minimum Gasteiger partial charge on any atom is -0.744 e. The van der Waals surface area contributed by atoms with Crippen molar-refractivity contribution in [2.75, 3.05) is 0 Å². The van der Waals surface area contributed by atoms with Gasteiger partial charge in [-0.05, 0) is 60.7 Å². The van der Waals surface area contributed by atoms with Gasteiger partial charge in [-0.2, -0.15) is 0 Å². The Morgan fingerprint density at radius 1 is 0.679 bits per heavy atom. The molecular formula is C23H21NaO3S. The molecule has 0 amide bonds. The normalized spacial score (nSPS) is 10.9. The van der Waals surface area contributed by atoms with Gasteiger partial charge in [0.05, 0.1) is 4.90 Å². The summed E-state index contributed by atoms with van der Waals surface area (Å²) in [4.78, 5) is -0.216. The standard InChI is InChI=1S/C23H22O3S.Na/c1-16-4-8-20(9-5-16)23(21-10-6-17(2)7-11-21)18(3)19-12-14-22(15-13-19)27(24,25)26;/h4-15H,1-3H3,(H,24,25,26);/q;+1/p-1. The van der Waals surface area contributed by atoms with E-state index in [0.29, 0.717) is 0 Å². The molecule has 3 rings (SSSR count). The van der Waals surface area contributed by atoms with Gasteiger partial charge in [0.15, 0.2) is 0 Å². The Hall–Kier alpha value is -1.69. The number of hydrogen-bond donors (Lipinski definition) is 0. The van der Waals surface area contributed by atoms with Crippen molar-refractivity contribution in [3.8, 4) is 0 Å². The van der Waals surface area contributed by atoms with E-state index in [1.807, 2.05) is 20.8 Å². The molecule has 0 saturated carbocycles. The van der Waals surface area contributed by atoms with Crippen LogP contribution in [0.15, 0.2) is 77.7 Å². The number of rotatable bonds is 4. The Morgan fingerprint density at radius 3 is 1.39 bits per heavy atom. The number of aryl methyl sites for hydroxylation is 2. The van der Waals surface area contributed by atoms with Crippen LogP contribution in [-0.2, 0) is 10.1 Å². The average molecular weight is 400 g/mol. The molecule has 0 fully saturated rings.